The SMILES string of the molecule is CC(C)(C)CC(=O)Nc1c(-c2cc(F)ccc2F)ccnc1C1CCC(F)(F)CC1. The zero-order valence-electron chi connectivity index (χ0n) is 17.4. The van der Waals surface area contributed by atoms with E-state index in [2.05, 4.69) is 10.3 Å². The summed E-state index contributed by atoms with van der Waals surface area (Å²) in [5.74, 6) is -4.57. The van der Waals surface area contributed by atoms with Gasteiger partial charge in [0.15, 0.2) is 0 Å². The van der Waals surface area contributed by atoms with Crippen molar-refractivity contribution in [1.29, 1.82) is 0 Å². The normalized spacial score (nSPS) is 17.0. The van der Waals surface area contributed by atoms with Crippen molar-refractivity contribution in [3.8, 4) is 11.1 Å². The summed E-state index contributed by atoms with van der Waals surface area (Å²) in [5, 5.41) is 2.82. The molecule has 0 unspecified atom stereocenters. The van der Waals surface area contributed by atoms with Crippen molar-refractivity contribution in [2.24, 2.45) is 5.41 Å². The predicted octanol–water partition coefficient (Wildman–Crippen LogP) is 6.69. The fourth-order valence-electron chi connectivity index (χ4n) is 3.83. The number of anilines is 1. The van der Waals surface area contributed by atoms with Crippen molar-refractivity contribution in [2.45, 2.75) is 64.7 Å². The molecule has 1 aromatic heterocycles. The number of hydrogen-bond acceptors (Lipinski definition) is 2. The largest absolute Gasteiger partial charge is 0.324 e. The third-order valence-corrected chi connectivity index (χ3v) is 5.26. The molecule has 30 heavy (non-hydrogen) atoms. The van der Waals surface area contributed by atoms with E-state index >= 15 is 0 Å². The van der Waals surface area contributed by atoms with Gasteiger partial charge in [-0.25, -0.2) is 17.6 Å². The molecule has 1 heterocycles. The van der Waals surface area contributed by atoms with Crippen LogP contribution in [0.25, 0.3) is 11.1 Å². The van der Waals surface area contributed by atoms with E-state index in [9.17, 15) is 22.4 Å². The van der Waals surface area contributed by atoms with Crippen LogP contribution < -0.4 is 5.32 Å². The number of rotatable bonds is 4. The Bertz CT molecular complexity index is 927. The van der Waals surface area contributed by atoms with Gasteiger partial charge in [0.05, 0.1) is 11.4 Å². The first kappa shape index (κ1) is 22.2. The molecule has 0 saturated heterocycles. The highest BCUT2D eigenvalue weighted by Gasteiger charge is 2.37. The fourth-order valence-corrected chi connectivity index (χ4v) is 3.83. The maximum Gasteiger partial charge on any atom is 0.248 e. The van der Waals surface area contributed by atoms with Crippen molar-refractivity contribution in [3.63, 3.8) is 0 Å². The lowest BCUT2D eigenvalue weighted by atomic mass is 9.83. The van der Waals surface area contributed by atoms with Crippen LogP contribution in [-0.4, -0.2) is 16.8 Å². The summed E-state index contributed by atoms with van der Waals surface area (Å²) >= 11 is 0. The summed E-state index contributed by atoms with van der Waals surface area (Å²) in [7, 11) is 0. The van der Waals surface area contributed by atoms with Gasteiger partial charge in [0.2, 0.25) is 11.8 Å². The van der Waals surface area contributed by atoms with Gasteiger partial charge in [-0.3, -0.25) is 9.78 Å². The number of pyridine rings is 1. The number of amides is 1. The third kappa shape index (κ3) is 5.37. The average Bonchev–Trinajstić information content (AvgIpc) is 2.63. The first-order chi connectivity index (χ1) is 14.0. The molecular formula is C23H26F4N2O. The standard InChI is InChI=1S/C23H26F4N2O/c1-22(2,3)13-19(30)29-21-16(17-12-15(24)4-5-18(17)25)8-11-28-20(21)14-6-9-23(26,27)10-7-14/h4-5,8,11-12,14H,6-7,9-10,13H2,1-3H3,(H,29,30). The van der Waals surface area contributed by atoms with E-state index in [1.807, 2.05) is 20.8 Å². The van der Waals surface area contributed by atoms with Gasteiger partial charge in [0.25, 0.3) is 0 Å². The van der Waals surface area contributed by atoms with Gasteiger partial charge in [0, 0.05) is 42.5 Å². The molecule has 2 aromatic rings. The summed E-state index contributed by atoms with van der Waals surface area (Å²) in [6.07, 6.45) is 1.52. The second kappa shape index (κ2) is 8.36. The molecule has 0 bridgehead atoms. The Kier molecular flexibility index (Phi) is 6.20. The van der Waals surface area contributed by atoms with Gasteiger partial charge < -0.3 is 5.32 Å². The molecule has 1 fully saturated rings. The third-order valence-electron chi connectivity index (χ3n) is 5.26. The summed E-state index contributed by atoms with van der Waals surface area (Å²) in [4.78, 5) is 17.0. The lowest BCUT2D eigenvalue weighted by Crippen LogP contribution is -2.26. The molecule has 0 atom stereocenters. The summed E-state index contributed by atoms with van der Waals surface area (Å²) in [5.41, 5.74) is 0.701. The Morgan fingerprint density at radius 2 is 1.80 bits per heavy atom. The average molecular weight is 422 g/mol. The van der Waals surface area contributed by atoms with Gasteiger partial charge in [0.1, 0.15) is 11.6 Å². The lowest BCUT2D eigenvalue weighted by Gasteiger charge is -2.30. The van der Waals surface area contributed by atoms with E-state index in [4.69, 9.17) is 0 Å². The van der Waals surface area contributed by atoms with Gasteiger partial charge in [-0.15, -0.1) is 0 Å². The maximum absolute atomic E-state index is 14.5. The number of carbonyl (C=O) groups excluding carboxylic acids is 1. The van der Waals surface area contributed by atoms with Gasteiger partial charge in [-0.2, -0.15) is 0 Å². The summed E-state index contributed by atoms with van der Waals surface area (Å²) in [6, 6.07) is 4.60. The number of benzene rings is 1. The Labute approximate surface area is 173 Å². The first-order valence-electron chi connectivity index (χ1n) is 10.1. The topological polar surface area (TPSA) is 42.0 Å². The Morgan fingerprint density at radius 3 is 2.43 bits per heavy atom. The quantitative estimate of drug-likeness (QED) is 0.558. The molecule has 1 saturated carbocycles. The van der Waals surface area contributed by atoms with Crippen LogP contribution in [0.1, 0.15) is 64.5 Å². The summed E-state index contributed by atoms with van der Waals surface area (Å²) < 4.78 is 55.7. The molecule has 1 aliphatic rings. The van der Waals surface area contributed by atoms with Crippen molar-refractivity contribution in [3.05, 3.63) is 47.8 Å². The second-order valence-corrected chi connectivity index (χ2v) is 9.16. The lowest BCUT2D eigenvalue weighted by molar-refractivity contribution is -0.117. The van der Waals surface area contributed by atoms with Crippen LogP contribution in [0, 0.1) is 17.0 Å². The molecule has 7 heteroatoms. The van der Waals surface area contributed by atoms with Crippen molar-refractivity contribution < 1.29 is 22.4 Å². The maximum atomic E-state index is 14.5. The Balaban J connectivity index is 2.06. The van der Waals surface area contributed by atoms with Crippen molar-refractivity contribution in [2.75, 3.05) is 5.32 Å². The molecule has 162 valence electrons. The van der Waals surface area contributed by atoms with Gasteiger partial charge in [-0.05, 0) is 42.5 Å². The minimum absolute atomic E-state index is 0.00847. The highest BCUT2D eigenvalue weighted by Crippen LogP contribution is 2.44. The second-order valence-electron chi connectivity index (χ2n) is 9.16. The number of halogens is 4. The van der Waals surface area contributed by atoms with Crippen LogP contribution in [0.15, 0.2) is 30.5 Å². The van der Waals surface area contributed by atoms with E-state index in [-0.39, 0.29) is 66.2 Å². The molecule has 3 rings (SSSR count). The van der Waals surface area contributed by atoms with Gasteiger partial charge in [-0.1, -0.05) is 20.8 Å². The molecule has 0 aliphatic heterocycles. The number of carbonyl (C=O) groups is 1. The Hall–Kier alpha value is -2.44. The monoisotopic (exact) mass is 422 g/mol. The zero-order chi connectivity index (χ0) is 22.1. The summed E-state index contributed by atoms with van der Waals surface area (Å²) in [6.45, 7) is 5.73. The molecule has 3 nitrogen and oxygen atoms in total. The molecule has 1 aliphatic carbocycles. The van der Waals surface area contributed by atoms with Crippen LogP contribution in [0.4, 0.5) is 23.2 Å². The number of hydrogen-bond donors (Lipinski definition) is 1. The molecular weight excluding hydrogens is 396 g/mol. The number of nitrogens with zero attached hydrogens (tertiary/aromatic N) is 1. The number of alkyl halides is 2. The molecule has 1 aromatic carbocycles. The molecule has 0 radical (unpaired) electrons. The smallest absolute Gasteiger partial charge is 0.248 e. The van der Waals surface area contributed by atoms with Crippen LogP contribution in [0.2, 0.25) is 0 Å². The first-order valence-corrected chi connectivity index (χ1v) is 10.1. The Morgan fingerprint density at radius 1 is 1.13 bits per heavy atom. The number of aromatic nitrogens is 1. The van der Waals surface area contributed by atoms with Crippen LogP contribution >= 0.6 is 0 Å². The minimum atomic E-state index is -2.71. The number of nitrogens with one attached hydrogen (secondary N) is 1. The van der Waals surface area contributed by atoms with Crippen molar-refractivity contribution in [1.82, 2.24) is 4.98 Å². The van der Waals surface area contributed by atoms with E-state index in [0.717, 1.165) is 18.2 Å². The van der Waals surface area contributed by atoms with Gasteiger partial charge >= 0.3 is 0 Å². The van der Waals surface area contributed by atoms with Crippen LogP contribution in [0.3, 0.4) is 0 Å². The van der Waals surface area contributed by atoms with E-state index < -0.39 is 17.6 Å². The molecule has 1 amide bonds. The highest BCUT2D eigenvalue weighted by atomic mass is 19.3. The predicted molar refractivity (Wildman–Crippen MR) is 108 cm³/mol. The van der Waals surface area contributed by atoms with Crippen LogP contribution in [-0.2, 0) is 4.79 Å². The highest BCUT2D eigenvalue weighted by molar-refractivity contribution is 5.96. The molecule has 0 spiro atoms. The zero-order valence-corrected chi connectivity index (χ0v) is 17.4. The van der Waals surface area contributed by atoms with Crippen molar-refractivity contribution >= 4 is 11.6 Å². The molecule has 1 N–H and O–H groups in total. The van der Waals surface area contributed by atoms with E-state index in [1.165, 1.54) is 12.3 Å². The van der Waals surface area contributed by atoms with E-state index in [1.54, 1.807) is 0 Å². The van der Waals surface area contributed by atoms with E-state index in [0.29, 0.717) is 5.69 Å². The fraction of sp³-hybridized carbons (Fsp3) is 0.478. The minimum Gasteiger partial charge on any atom is -0.324 e. The van der Waals surface area contributed by atoms with Crippen LogP contribution in [0.5, 0.6) is 0 Å².